The van der Waals surface area contributed by atoms with Crippen LogP contribution in [0, 0.1) is 0 Å². The molecule has 0 aliphatic rings. The van der Waals surface area contributed by atoms with Crippen LogP contribution in [0.3, 0.4) is 0 Å². The van der Waals surface area contributed by atoms with E-state index in [4.69, 9.17) is 23.9 Å². The molecular formula is C24H24N2O4. The van der Waals surface area contributed by atoms with Crippen molar-refractivity contribution in [2.24, 2.45) is 0 Å². The number of fused-ring (bicyclic) bond motifs is 1. The minimum absolute atomic E-state index is 0.552. The third kappa shape index (κ3) is 3.41. The predicted molar refractivity (Wildman–Crippen MR) is 117 cm³/mol. The van der Waals surface area contributed by atoms with Gasteiger partial charge in [0.25, 0.3) is 0 Å². The first-order valence-electron chi connectivity index (χ1n) is 9.57. The predicted octanol–water partition coefficient (Wildman–Crippen LogP) is 4.79. The molecule has 3 aromatic carbocycles. The van der Waals surface area contributed by atoms with Crippen LogP contribution in [0.5, 0.6) is 23.0 Å². The van der Waals surface area contributed by atoms with Gasteiger partial charge in [-0.15, -0.1) is 0 Å². The second-order valence-electron chi connectivity index (χ2n) is 6.74. The van der Waals surface area contributed by atoms with Gasteiger partial charge in [-0.2, -0.15) is 0 Å². The molecule has 1 heterocycles. The number of methoxy groups -OCH3 is 4. The maximum absolute atomic E-state index is 5.56. The summed E-state index contributed by atoms with van der Waals surface area (Å²) < 4.78 is 24.3. The summed E-state index contributed by atoms with van der Waals surface area (Å²) in [6.07, 6.45) is 0. The van der Waals surface area contributed by atoms with E-state index in [0.717, 1.165) is 33.7 Å². The lowest BCUT2D eigenvalue weighted by atomic mass is 10.1. The van der Waals surface area contributed by atoms with Crippen molar-refractivity contribution in [3.05, 3.63) is 66.2 Å². The molecule has 154 valence electrons. The van der Waals surface area contributed by atoms with Gasteiger partial charge in [-0.05, 0) is 30.3 Å². The Balaban J connectivity index is 1.93. The van der Waals surface area contributed by atoms with Crippen LogP contribution in [0.1, 0.15) is 5.56 Å². The van der Waals surface area contributed by atoms with Gasteiger partial charge in [0.2, 0.25) is 5.75 Å². The van der Waals surface area contributed by atoms with E-state index in [1.165, 1.54) is 0 Å². The SMILES string of the molecule is COc1ccccc1Cn1c(-c2cc(OC)c(OC)c(OC)c2)nc2ccccc21. The molecule has 0 spiro atoms. The highest BCUT2D eigenvalue weighted by molar-refractivity contribution is 5.82. The van der Waals surface area contributed by atoms with Crippen molar-refractivity contribution in [3.63, 3.8) is 0 Å². The van der Waals surface area contributed by atoms with Gasteiger partial charge in [-0.1, -0.05) is 30.3 Å². The fraction of sp³-hybridized carbons (Fsp3) is 0.208. The maximum Gasteiger partial charge on any atom is 0.203 e. The molecule has 0 fully saturated rings. The molecule has 0 aliphatic heterocycles. The lowest BCUT2D eigenvalue weighted by Crippen LogP contribution is -2.04. The number of imidazole rings is 1. The quantitative estimate of drug-likeness (QED) is 0.443. The number of hydrogen-bond donors (Lipinski definition) is 0. The Kier molecular flexibility index (Phi) is 5.48. The van der Waals surface area contributed by atoms with E-state index in [1.54, 1.807) is 28.4 Å². The van der Waals surface area contributed by atoms with Crippen molar-refractivity contribution in [1.82, 2.24) is 9.55 Å². The van der Waals surface area contributed by atoms with Crippen LogP contribution in [0.4, 0.5) is 0 Å². The van der Waals surface area contributed by atoms with Crippen molar-refractivity contribution in [2.75, 3.05) is 28.4 Å². The van der Waals surface area contributed by atoms with E-state index in [-0.39, 0.29) is 0 Å². The Morgan fingerprint density at radius 1 is 0.733 bits per heavy atom. The van der Waals surface area contributed by atoms with E-state index in [9.17, 15) is 0 Å². The van der Waals surface area contributed by atoms with Crippen LogP contribution in [-0.4, -0.2) is 38.0 Å². The number of para-hydroxylation sites is 3. The van der Waals surface area contributed by atoms with Crippen LogP contribution in [0.25, 0.3) is 22.4 Å². The zero-order chi connectivity index (χ0) is 21.1. The molecule has 0 saturated carbocycles. The summed E-state index contributed by atoms with van der Waals surface area (Å²) in [5.41, 5.74) is 3.88. The summed E-state index contributed by atoms with van der Waals surface area (Å²) in [6, 6.07) is 19.9. The highest BCUT2D eigenvalue weighted by Crippen LogP contribution is 2.41. The van der Waals surface area contributed by atoms with Gasteiger partial charge in [-0.25, -0.2) is 4.98 Å². The van der Waals surface area contributed by atoms with E-state index >= 15 is 0 Å². The average molecular weight is 404 g/mol. The number of nitrogens with zero attached hydrogens (tertiary/aromatic N) is 2. The third-order valence-electron chi connectivity index (χ3n) is 5.10. The Labute approximate surface area is 175 Å². The Hall–Kier alpha value is -3.67. The Bertz CT molecular complexity index is 1160. The van der Waals surface area contributed by atoms with Gasteiger partial charge < -0.3 is 23.5 Å². The lowest BCUT2D eigenvalue weighted by Gasteiger charge is -2.16. The first-order chi connectivity index (χ1) is 14.7. The molecule has 0 atom stereocenters. The topological polar surface area (TPSA) is 54.7 Å². The van der Waals surface area contributed by atoms with Crippen molar-refractivity contribution in [3.8, 4) is 34.4 Å². The molecule has 1 aromatic heterocycles. The lowest BCUT2D eigenvalue weighted by molar-refractivity contribution is 0.324. The van der Waals surface area contributed by atoms with E-state index in [0.29, 0.717) is 23.8 Å². The molecular weight excluding hydrogens is 380 g/mol. The fourth-order valence-electron chi connectivity index (χ4n) is 3.67. The molecule has 4 rings (SSSR count). The zero-order valence-corrected chi connectivity index (χ0v) is 17.5. The highest BCUT2D eigenvalue weighted by atomic mass is 16.5. The first-order valence-corrected chi connectivity index (χ1v) is 9.57. The number of aromatic nitrogens is 2. The molecule has 4 aromatic rings. The van der Waals surface area contributed by atoms with Crippen molar-refractivity contribution in [2.45, 2.75) is 6.54 Å². The standard InChI is InChI=1S/C24H24N2O4/c1-27-20-12-8-5-9-16(20)15-26-19-11-7-6-10-18(19)25-24(26)17-13-21(28-2)23(30-4)22(14-17)29-3/h5-14H,15H2,1-4H3. The molecule has 0 radical (unpaired) electrons. The van der Waals surface area contributed by atoms with Crippen LogP contribution in [-0.2, 0) is 6.54 Å². The summed E-state index contributed by atoms with van der Waals surface area (Å²) in [6.45, 7) is 0.608. The molecule has 0 aliphatic carbocycles. The second kappa shape index (κ2) is 8.37. The highest BCUT2D eigenvalue weighted by Gasteiger charge is 2.19. The summed E-state index contributed by atoms with van der Waals surface area (Å²) in [5, 5.41) is 0. The van der Waals surface area contributed by atoms with E-state index in [2.05, 4.69) is 16.7 Å². The second-order valence-corrected chi connectivity index (χ2v) is 6.74. The van der Waals surface area contributed by atoms with E-state index < -0.39 is 0 Å². The molecule has 0 N–H and O–H groups in total. The Morgan fingerprint density at radius 2 is 1.37 bits per heavy atom. The smallest absolute Gasteiger partial charge is 0.203 e. The summed E-state index contributed by atoms with van der Waals surface area (Å²) in [7, 11) is 6.50. The largest absolute Gasteiger partial charge is 0.496 e. The number of rotatable bonds is 7. The van der Waals surface area contributed by atoms with Crippen LogP contribution >= 0.6 is 0 Å². The van der Waals surface area contributed by atoms with Gasteiger partial charge in [0.05, 0.1) is 46.0 Å². The zero-order valence-electron chi connectivity index (χ0n) is 17.5. The summed E-state index contributed by atoms with van der Waals surface area (Å²) in [5.74, 6) is 3.37. The molecule has 6 nitrogen and oxygen atoms in total. The van der Waals surface area contributed by atoms with Crippen LogP contribution < -0.4 is 18.9 Å². The number of ether oxygens (including phenoxy) is 4. The molecule has 30 heavy (non-hydrogen) atoms. The van der Waals surface area contributed by atoms with Crippen molar-refractivity contribution >= 4 is 11.0 Å². The molecule has 0 amide bonds. The molecule has 0 bridgehead atoms. The number of hydrogen-bond acceptors (Lipinski definition) is 5. The molecule has 0 unspecified atom stereocenters. The Morgan fingerprint density at radius 3 is 2.03 bits per heavy atom. The normalized spacial score (nSPS) is 10.8. The van der Waals surface area contributed by atoms with Crippen LogP contribution in [0.15, 0.2) is 60.7 Å². The van der Waals surface area contributed by atoms with Crippen molar-refractivity contribution < 1.29 is 18.9 Å². The van der Waals surface area contributed by atoms with Gasteiger partial charge >= 0.3 is 0 Å². The first kappa shape index (κ1) is 19.6. The average Bonchev–Trinajstić information content (AvgIpc) is 3.16. The monoisotopic (exact) mass is 404 g/mol. The third-order valence-corrected chi connectivity index (χ3v) is 5.10. The molecule has 6 heteroatoms. The minimum Gasteiger partial charge on any atom is -0.496 e. The van der Waals surface area contributed by atoms with Gasteiger partial charge in [-0.3, -0.25) is 0 Å². The van der Waals surface area contributed by atoms with Crippen molar-refractivity contribution in [1.29, 1.82) is 0 Å². The summed E-state index contributed by atoms with van der Waals surface area (Å²) in [4.78, 5) is 4.91. The maximum atomic E-state index is 5.56. The number of benzene rings is 3. The minimum atomic E-state index is 0.552. The molecule has 0 saturated heterocycles. The van der Waals surface area contributed by atoms with Gasteiger partial charge in [0.15, 0.2) is 11.5 Å². The van der Waals surface area contributed by atoms with Gasteiger partial charge in [0, 0.05) is 11.1 Å². The summed E-state index contributed by atoms with van der Waals surface area (Å²) >= 11 is 0. The van der Waals surface area contributed by atoms with Gasteiger partial charge in [0.1, 0.15) is 11.6 Å². The fourth-order valence-corrected chi connectivity index (χ4v) is 3.67. The van der Waals surface area contributed by atoms with Crippen LogP contribution in [0.2, 0.25) is 0 Å². The van der Waals surface area contributed by atoms with E-state index in [1.807, 2.05) is 48.5 Å².